The van der Waals surface area contributed by atoms with Gasteiger partial charge in [-0.25, -0.2) is 4.79 Å². The van der Waals surface area contributed by atoms with Crippen molar-refractivity contribution < 1.29 is 9.53 Å². The van der Waals surface area contributed by atoms with Crippen molar-refractivity contribution in [3.05, 3.63) is 72.4 Å². The number of nitrogens with one attached hydrogen (secondary N) is 2. The molecule has 0 spiro atoms. The molecular weight excluding hydrogens is 276 g/mol. The van der Waals surface area contributed by atoms with Crippen LogP contribution in [0.15, 0.2) is 61.2 Å². The van der Waals surface area contributed by atoms with E-state index in [9.17, 15) is 4.79 Å². The van der Waals surface area contributed by atoms with Crippen molar-refractivity contribution in [2.45, 2.75) is 6.54 Å². The van der Waals surface area contributed by atoms with Gasteiger partial charge in [0.25, 0.3) is 0 Å². The highest BCUT2D eigenvalue weighted by Crippen LogP contribution is 2.18. The Bertz CT molecular complexity index is 806. The number of aromatic nitrogens is 1. The summed E-state index contributed by atoms with van der Waals surface area (Å²) in [7, 11) is 0. The van der Waals surface area contributed by atoms with Gasteiger partial charge in [0.2, 0.25) is 0 Å². The van der Waals surface area contributed by atoms with Gasteiger partial charge in [0, 0.05) is 16.6 Å². The zero-order chi connectivity index (χ0) is 15.4. The van der Waals surface area contributed by atoms with Gasteiger partial charge in [-0.1, -0.05) is 36.9 Å². The van der Waals surface area contributed by atoms with Gasteiger partial charge in [0.1, 0.15) is 5.75 Å². The molecule has 2 N–H and O–H groups in total. The SMILES string of the molecule is C=Cc1ccc2[nH]c(CNC(=O)Oc3ccccc3)cc2c1. The third kappa shape index (κ3) is 3.17. The fraction of sp³-hybridized carbons (Fsp3) is 0.0556. The summed E-state index contributed by atoms with van der Waals surface area (Å²) in [5.41, 5.74) is 3.01. The molecule has 1 amide bonds. The van der Waals surface area contributed by atoms with Crippen molar-refractivity contribution in [3.8, 4) is 5.75 Å². The number of benzene rings is 2. The summed E-state index contributed by atoms with van der Waals surface area (Å²) in [4.78, 5) is 15.0. The number of hydrogen-bond acceptors (Lipinski definition) is 2. The minimum atomic E-state index is -0.475. The van der Waals surface area contributed by atoms with Crippen molar-refractivity contribution in [1.29, 1.82) is 0 Å². The molecule has 3 aromatic rings. The molecule has 4 heteroatoms. The number of carbonyl (C=O) groups excluding carboxylic acids is 1. The predicted octanol–water partition coefficient (Wildman–Crippen LogP) is 4.10. The third-order valence-electron chi connectivity index (χ3n) is 3.31. The molecule has 3 rings (SSSR count). The Hall–Kier alpha value is -3.01. The van der Waals surface area contributed by atoms with E-state index in [1.165, 1.54) is 0 Å². The highest BCUT2D eigenvalue weighted by molar-refractivity contribution is 5.83. The second-order valence-corrected chi connectivity index (χ2v) is 4.90. The largest absolute Gasteiger partial charge is 0.412 e. The van der Waals surface area contributed by atoms with Crippen molar-refractivity contribution in [3.63, 3.8) is 0 Å². The Labute approximate surface area is 128 Å². The average molecular weight is 292 g/mol. The van der Waals surface area contributed by atoms with Crippen molar-refractivity contribution >= 4 is 23.1 Å². The minimum Gasteiger partial charge on any atom is -0.410 e. The van der Waals surface area contributed by atoms with Gasteiger partial charge in [-0.3, -0.25) is 0 Å². The van der Waals surface area contributed by atoms with Gasteiger partial charge >= 0.3 is 6.09 Å². The van der Waals surface area contributed by atoms with Gasteiger partial charge in [0.15, 0.2) is 0 Å². The van der Waals surface area contributed by atoms with E-state index in [1.807, 2.05) is 48.5 Å². The van der Waals surface area contributed by atoms with Gasteiger partial charge < -0.3 is 15.0 Å². The molecule has 1 aromatic heterocycles. The molecule has 0 saturated carbocycles. The lowest BCUT2D eigenvalue weighted by Crippen LogP contribution is -2.26. The molecule has 1 heterocycles. The molecular formula is C18H16N2O2. The first-order chi connectivity index (χ1) is 10.7. The zero-order valence-electron chi connectivity index (χ0n) is 12.0. The maximum atomic E-state index is 11.7. The van der Waals surface area contributed by atoms with Crippen LogP contribution in [0, 0.1) is 0 Å². The van der Waals surface area contributed by atoms with Crippen LogP contribution >= 0.6 is 0 Å². The van der Waals surface area contributed by atoms with Crippen molar-refractivity contribution in [1.82, 2.24) is 10.3 Å². The van der Waals surface area contributed by atoms with E-state index in [0.717, 1.165) is 22.2 Å². The molecule has 0 radical (unpaired) electrons. The molecule has 2 aromatic carbocycles. The van der Waals surface area contributed by atoms with Crippen LogP contribution in [0.3, 0.4) is 0 Å². The van der Waals surface area contributed by atoms with Crippen molar-refractivity contribution in [2.24, 2.45) is 0 Å². The lowest BCUT2D eigenvalue weighted by atomic mass is 10.1. The Morgan fingerprint density at radius 3 is 2.77 bits per heavy atom. The Kier molecular flexibility index (Phi) is 3.92. The highest BCUT2D eigenvalue weighted by atomic mass is 16.5. The first kappa shape index (κ1) is 13.9. The van der Waals surface area contributed by atoms with E-state index in [4.69, 9.17) is 4.74 Å². The van der Waals surface area contributed by atoms with E-state index >= 15 is 0 Å². The van der Waals surface area contributed by atoms with E-state index in [1.54, 1.807) is 12.1 Å². The van der Waals surface area contributed by atoms with Crippen LogP contribution in [-0.4, -0.2) is 11.1 Å². The standard InChI is InChI=1S/C18H16N2O2/c1-2-13-8-9-17-14(10-13)11-15(20-17)12-19-18(21)22-16-6-4-3-5-7-16/h2-11,20H,1,12H2,(H,19,21). The van der Waals surface area contributed by atoms with Gasteiger partial charge in [0.05, 0.1) is 6.54 Å². The number of ether oxygens (including phenoxy) is 1. The number of carbonyl (C=O) groups is 1. The monoisotopic (exact) mass is 292 g/mol. The van der Waals surface area contributed by atoms with Gasteiger partial charge in [-0.05, 0) is 35.9 Å². The number of fused-ring (bicyclic) bond motifs is 1. The Balaban J connectivity index is 1.63. The van der Waals surface area contributed by atoms with E-state index in [-0.39, 0.29) is 0 Å². The van der Waals surface area contributed by atoms with Gasteiger partial charge in [-0.2, -0.15) is 0 Å². The van der Waals surface area contributed by atoms with Crippen LogP contribution in [0.1, 0.15) is 11.3 Å². The van der Waals surface area contributed by atoms with Crippen LogP contribution in [-0.2, 0) is 6.54 Å². The minimum absolute atomic E-state index is 0.379. The molecule has 0 unspecified atom stereocenters. The predicted molar refractivity (Wildman–Crippen MR) is 87.7 cm³/mol. The molecule has 22 heavy (non-hydrogen) atoms. The summed E-state index contributed by atoms with van der Waals surface area (Å²) in [6, 6.07) is 17.0. The summed E-state index contributed by atoms with van der Waals surface area (Å²) in [6.07, 6.45) is 1.33. The molecule has 0 fully saturated rings. The van der Waals surface area contributed by atoms with Crippen LogP contribution < -0.4 is 10.1 Å². The summed E-state index contributed by atoms with van der Waals surface area (Å²) in [5.74, 6) is 0.521. The lowest BCUT2D eigenvalue weighted by Gasteiger charge is -2.05. The Morgan fingerprint density at radius 1 is 1.18 bits per heavy atom. The summed E-state index contributed by atoms with van der Waals surface area (Å²) in [6.45, 7) is 4.14. The topological polar surface area (TPSA) is 54.1 Å². The maximum absolute atomic E-state index is 11.7. The second-order valence-electron chi connectivity index (χ2n) is 4.90. The van der Waals surface area contributed by atoms with E-state index in [0.29, 0.717) is 12.3 Å². The number of aromatic amines is 1. The molecule has 0 aliphatic carbocycles. The van der Waals surface area contributed by atoms with Gasteiger partial charge in [-0.15, -0.1) is 0 Å². The van der Waals surface area contributed by atoms with E-state index in [2.05, 4.69) is 16.9 Å². The van der Waals surface area contributed by atoms with E-state index < -0.39 is 6.09 Å². The number of para-hydroxylation sites is 1. The molecule has 0 saturated heterocycles. The number of amides is 1. The lowest BCUT2D eigenvalue weighted by molar-refractivity contribution is 0.200. The molecule has 0 aliphatic rings. The molecule has 0 aliphatic heterocycles. The Morgan fingerprint density at radius 2 is 2.00 bits per heavy atom. The smallest absolute Gasteiger partial charge is 0.410 e. The molecule has 0 bridgehead atoms. The fourth-order valence-electron chi connectivity index (χ4n) is 2.23. The molecule has 4 nitrogen and oxygen atoms in total. The van der Waals surface area contributed by atoms with Crippen molar-refractivity contribution in [2.75, 3.05) is 0 Å². The maximum Gasteiger partial charge on any atom is 0.412 e. The normalized spacial score (nSPS) is 10.4. The third-order valence-corrected chi connectivity index (χ3v) is 3.31. The molecule has 110 valence electrons. The summed E-state index contributed by atoms with van der Waals surface area (Å²) >= 11 is 0. The van der Waals surface area contributed by atoms with Crippen LogP contribution in [0.5, 0.6) is 5.75 Å². The average Bonchev–Trinajstić information content (AvgIpc) is 2.95. The zero-order valence-corrected chi connectivity index (χ0v) is 12.0. The second kappa shape index (κ2) is 6.18. The first-order valence-electron chi connectivity index (χ1n) is 6.99. The fourth-order valence-corrected chi connectivity index (χ4v) is 2.23. The number of rotatable bonds is 4. The summed E-state index contributed by atoms with van der Waals surface area (Å²) in [5, 5.41) is 3.81. The van der Waals surface area contributed by atoms with Crippen LogP contribution in [0.25, 0.3) is 17.0 Å². The molecule has 0 atom stereocenters. The van der Waals surface area contributed by atoms with Crippen LogP contribution in [0.4, 0.5) is 4.79 Å². The van der Waals surface area contributed by atoms with Crippen LogP contribution in [0.2, 0.25) is 0 Å². The highest BCUT2D eigenvalue weighted by Gasteiger charge is 2.06. The quantitative estimate of drug-likeness (QED) is 0.760. The number of hydrogen-bond donors (Lipinski definition) is 2. The first-order valence-corrected chi connectivity index (χ1v) is 6.99. The summed E-state index contributed by atoms with van der Waals surface area (Å²) < 4.78 is 5.17. The number of H-pyrrole nitrogens is 1.